The summed E-state index contributed by atoms with van der Waals surface area (Å²) in [5, 5.41) is 0. The van der Waals surface area contributed by atoms with E-state index in [9.17, 15) is 4.39 Å². The highest BCUT2D eigenvalue weighted by molar-refractivity contribution is 5.47. The Morgan fingerprint density at radius 3 is 2.47 bits per heavy atom. The van der Waals surface area contributed by atoms with Gasteiger partial charge in [0.05, 0.1) is 5.69 Å². The van der Waals surface area contributed by atoms with Crippen molar-refractivity contribution in [2.45, 2.75) is 46.1 Å². The molecule has 1 aromatic rings. The highest BCUT2D eigenvalue weighted by atomic mass is 19.1. The zero-order valence-corrected chi connectivity index (χ0v) is 12.4. The summed E-state index contributed by atoms with van der Waals surface area (Å²) >= 11 is 0. The van der Waals surface area contributed by atoms with Crippen LogP contribution in [-0.2, 0) is 0 Å². The Morgan fingerprint density at radius 1 is 1.21 bits per heavy atom. The lowest BCUT2D eigenvalue weighted by Gasteiger charge is -2.27. The van der Waals surface area contributed by atoms with Gasteiger partial charge in [-0.2, -0.15) is 0 Å². The largest absolute Gasteiger partial charge is 0.369 e. The van der Waals surface area contributed by atoms with E-state index >= 15 is 0 Å². The van der Waals surface area contributed by atoms with E-state index in [2.05, 4.69) is 18.7 Å². The zero-order valence-electron chi connectivity index (χ0n) is 12.4. The summed E-state index contributed by atoms with van der Waals surface area (Å²) in [5.74, 6) is 0.422. The molecule has 2 nitrogen and oxygen atoms in total. The highest BCUT2D eigenvalue weighted by Gasteiger charge is 2.12. The van der Waals surface area contributed by atoms with Crippen LogP contribution in [0.4, 0.5) is 10.1 Å². The van der Waals surface area contributed by atoms with E-state index in [1.54, 1.807) is 6.07 Å². The molecular formula is C16H27FN2. The Bertz CT molecular complexity index is 366. The van der Waals surface area contributed by atoms with Gasteiger partial charge in [0.25, 0.3) is 0 Å². The molecule has 0 radical (unpaired) electrons. The maximum absolute atomic E-state index is 13.8. The minimum absolute atomic E-state index is 0.132. The summed E-state index contributed by atoms with van der Waals surface area (Å²) < 4.78 is 13.8. The van der Waals surface area contributed by atoms with Crippen molar-refractivity contribution in [1.29, 1.82) is 0 Å². The second-order valence-electron chi connectivity index (χ2n) is 5.50. The molecule has 0 fully saturated rings. The van der Waals surface area contributed by atoms with Gasteiger partial charge in [0.2, 0.25) is 0 Å². The van der Waals surface area contributed by atoms with Crippen LogP contribution in [0.3, 0.4) is 0 Å². The molecule has 2 unspecified atom stereocenters. The molecule has 3 heteroatoms. The van der Waals surface area contributed by atoms with Gasteiger partial charge in [-0.25, -0.2) is 4.39 Å². The van der Waals surface area contributed by atoms with Crippen LogP contribution in [0.5, 0.6) is 0 Å². The van der Waals surface area contributed by atoms with Crippen LogP contribution < -0.4 is 10.6 Å². The standard InChI is InChI=1S/C16H27FN2/c1-4-19(16-11-6-5-10-15(16)17)12-13(2)8-7-9-14(3)18/h5-6,10-11,13-14H,4,7-9,12,18H2,1-3H3. The molecule has 2 N–H and O–H groups in total. The van der Waals surface area contributed by atoms with Gasteiger partial charge in [-0.1, -0.05) is 25.5 Å². The number of nitrogens with zero attached hydrogens (tertiary/aromatic N) is 1. The van der Waals surface area contributed by atoms with E-state index in [4.69, 9.17) is 5.73 Å². The first kappa shape index (κ1) is 16.0. The van der Waals surface area contributed by atoms with Gasteiger partial charge in [0, 0.05) is 19.1 Å². The zero-order chi connectivity index (χ0) is 14.3. The van der Waals surface area contributed by atoms with Gasteiger partial charge in [-0.15, -0.1) is 0 Å². The van der Waals surface area contributed by atoms with Crippen molar-refractivity contribution in [3.63, 3.8) is 0 Å². The maximum atomic E-state index is 13.8. The van der Waals surface area contributed by atoms with Crippen molar-refractivity contribution in [3.8, 4) is 0 Å². The van der Waals surface area contributed by atoms with E-state index in [0.29, 0.717) is 11.6 Å². The number of hydrogen-bond donors (Lipinski definition) is 1. The molecule has 0 aromatic heterocycles. The molecule has 19 heavy (non-hydrogen) atoms. The molecule has 0 bridgehead atoms. The minimum atomic E-state index is -0.132. The molecule has 1 rings (SSSR count). The first-order valence-corrected chi connectivity index (χ1v) is 7.29. The van der Waals surface area contributed by atoms with Gasteiger partial charge in [0.15, 0.2) is 0 Å². The smallest absolute Gasteiger partial charge is 0.146 e. The molecular weight excluding hydrogens is 239 g/mol. The summed E-state index contributed by atoms with van der Waals surface area (Å²) in [5.41, 5.74) is 6.47. The first-order valence-electron chi connectivity index (χ1n) is 7.29. The van der Waals surface area contributed by atoms with Crippen molar-refractivity contribution in [2.24, 2.45) is 11.7 Å². The summed E-state index contributed by atoms with van der Waals surface area (Å²) in [7, 11) is 0. The summed E-state index contributed by atoms with van der Waals surface area (Å²) in [6.45, 7) is 8.07. The molecule has 0 saturated heterocycles. The fourth-order valence-corrected chi connectivity index (χ4v) is 2.36. The first-order chi connectivity index (χ1) is 9.04. The van der Waals surface area contributed by atoms with Gasteiger partial charge >= 0.3 is 0 Å². The summed E-state index contributed by atoms with van der Waals surface area (Å²) in [6, 6.07) is 7.29. The van der Waals surface area contributed by atoms with Gasteiger partial charge in [0.1, 0.15) is 5.82 Å². The quantitative estimate of drug-likeness (QED) is 0.775. The molecule has 108 valence electrons. The fraction of sp³-hybridized carbons (Fsp3) is 0.625. The van der Waals surface area contributed by atoms with Crippen LogP contribution in [0, 0.1) is 11.7 Å². The number of anilines is 1. The van der Waals surface area contributed by atoms with Gasteiger partial charge in [-0.05, 0) is 44.7 Å². The predicted molar refractivity (Wildman–Crippen MR) is 81.0 cm³/mol. The monoisotopic (exact) mass is 266 g/mol. The molecule has 0 heterocycles. The highest BCUT2D eigenvalue weighted by Crippen LogP contribution is 2.21. The van der Waals surface area contributed by atoms with Crippen molar-refractivity contribution in [2.75, 3.05) is 18.0 Å². The van der Waals surface area contributed by atoms with Gasteiger partial charge in [-0.3, -0.25) is 0 Å². The normalized spacial score (nSPS) is 14.2. The second-order valence-corrected chi connectivity index (χ2v) is 5.50. The molecule has 2 atom stereocenters. The van der Waals surface area contributed by atoms with Crippen LogP contribution in [0.15, 0.2) is 24.3 Å². The molecule has 0 saturated carbocycles. The Balaban J connectivity index is 2.50. The third-order valence-electron chi connectivity index (χ3n) is 3.46. The Labute approximate surface area is 116 Å². The molecule has 0 aliphatic rings. The topological polar surface area (TPSA) is 29.3 Å². The molecule has 0 amide bonds. The minimum Gasteiger partial charge on any atom is -0.369 e. The lowest BCUT2D eigenvalue weighted by molar-refractivity contribution is 0.472. The lowest BCUT2D eigenvalue weighted by Crippen LogP contribution is -2.29. The molecule has 0 spiro atoms. The van der Waals surface area contributed by atoms with Crippen molar-refractivity contribution >= 4 is 5.69 Å². The Hall–Kier alpha value is -1.09. The maximum Gasteiger partial charge on any atom is 0.146 e. The van der Waals surface area contributed by atoms with Crippen molar-refractivity contribution in [3.05, 3.63) is 30.1 Å². The predicted octanol–water partition coefficient (Wildman–Crippen LogP) is 3.81. The average molecular weight is 266 g/mol. The lowest BCUT2D eigenvalue weighted by atomic mass is 10.0. The van der Waals surface area contributed by atoms with Crippen LogP contribution in [0.2, 0.25) is 0 Å². The van der Waals surface area contributed by atoms with E-state index < -0.39 is 0 Å². The number of nitrogens with two attached hydrogens (primary N) is 1. The van der Waals surface area contributed by atoms with E-state index in [1.165, 1.54) is 6.07 Å². The van der Waals surface area contributed by atoms with E-state index in [-0.39, 0.29) is 11.9 Å². The number of hydrogen-bond acceptors (Lipinski definition) is 2. The molecule has 1 aromatic carbocycles. The number of rotatable bonds is 8. The number of benzene rings is 1. The van der Waals surface area contributed by atoms with Crippen LogP contribution in [0.25, 0.3) is 0 Å². The SMILES string of the molecule is CCN(CC(C)CCCC(C)N)c1ccccc1F. The fourth-order valence-electron chi connectivity index (χ4n) is 2.36. The van der Waals surface area contributed by atoms with E-state index in [0.717, 1.165) is 32.4 Å². The molecule has 0 aliphatic heterocycles. The van der Waals surface area contributed by atoms with Gasteiger partial charge < -0.3 is 10.6 Å². The Kier molecular flexibility index (Phi) is 6.85. The van der Waals surface area contributed by atoms with Crippen LogP contribution in [-0.4, -0.2) is 19.1 Å². The third kappa shape index (κ3) is 5.60. The molecule has 0 aliphatic carbocycles. The van der Waals surface area contributed by atoms with Crippen molar-refractivity contribution < 1.29 is 4.39 Å². The van der Waals surface area contributed by atoms with E-state index in [1.807, 2.05) is 19.1 Å². The van der Waals surface area contributed by atoms with Crippen LogP contribution in [0.1, 0.15) is 40.0 Å². The number of halogens is 1. The Morgan fingerprint density at radius 2 is 1.89 bits per heavy atom. The van der Waals surface area contributed by atoms with Crippen molar-refractivity contribution in [1.82, 2.24) is 0 Å². The summed E-state index contributed by atoms with van der Waals surface area (Å²) in [6.07, 6.45) is 3.36. The second kappa shape index (κ2) is 8.16. The average Bonchev–Trinajstić information content (AvgIpc) is 2.36. The van der Waals surface area contributed by atoms with Crippen LogP contribution >= 0.6 is 0 Å². The summed E-state index contributed by atoms with van der Waals surface area (Å²) in [4.78, 5) is 2.12. The number of para-hydroxylation sites is 1. The third-order valence-corrected chi connectivity index (χ3v) is 3.46.